The van der Waals surface area contributed by atoms with E-state index in [0.717, 1.165) is 29.0 Å². The summed E-state index contributed by atoms with van der Waals surface area (Å²) in [7, 11) is 0. The summed E-state index contributed by atoms with van der Waals surface area (Å²) in [5.41, 5.74) is 2.04. The average molecular weight is 267 g/mol. The average Bonchev–Trinajstić information content (AvgIpc) is 2.30. The summed E-state index contributed by atoms with van der Waals surface area (Å²) in [4.78, 5) is 0. The fourth-order valence-corrected chi connectivity index (χ4v) is 3.52. The molecule has 2 heteroatoms. The fourth-order valence-electron chi connectivity index (χ4n) is 3.33. The number of halogens is 1. The second-order valence-electron chi connectivity index (χ2n) is 6.13. The summed E-state index contributed by atoms with van der Waals surface area (Å²) in [6.45, 7) is 6.57. The number of aliphatic hydroxyl groups excluding tert-OH is 1. The van der Waals surface area contributed by atoms with E-state index in [9.17, 15) is 5.11 Å². The predicted octanol–water partition coefficient (Wildman–Crippen LogP) is 4.75. The Kier molecular flexibility index (Phi) is 4.34. The van der Waals surface area contributed by atoms with E-state index in [2.05, 4.69) is 13.8 Å². The molecule has 3 unspecified atom stereocenters. The van der Waals surface area contributed by atoms with Crippen molar-refractivity contribution in [3.63, 3.8) is 0 Å². The zero-order chi connectivity index (χ0) is 13.3. The minimum absolute atomic E-state index is 0.367. The van der Waals surface area contributed by atoms with Gasteiger partial charge in [0.15, 0.2) is 0 Å². The zero-order valence-electron chi connectivity index (χ0n) is 11.5. The van der Waals surface area contributed by atoms with Crippen LogP contribution in [0.25, 0.3) is 0 Å². The quantitative estimate of drug-likeness (QED) is 0.819. The maximum atomic E-state index is 10.5. The summed E-state index contributed by atoms with van der Waals surface area (Å²) in [5.74, 6) is 1.81. The van der Waals surface area contributed by atoms with E-state index in [1.807, 2.05) is 25.1 Å². The molecule has 0 aliphatic heterocycles. The summed E-state index contributed by atoms with van der Waals surface area (Å²) in [5, 5.41) is 11.3. The van der Waals surface area contributed by atoms with E-state index in [1.165, 1.54) is 6.42 Å². The minimum Gasteiger partial charge on any atom is -0.388 e. The number of aliphatic hydroxyl groups is 1. The molecule has 0 bridgehead atoms. The molecule has 0 aromatic heterocycles. The highest BCUT2D eigenvalue weighted by Crippen LogP contribution is 2.40. The highest BCUT2D eigenvalue weighted by Gasteiger charge is 2.29. The van der Waals surface area contributed by atoms with E-state index in [4.69, 9.17) is 11.6 Å². The normalized spacial score (nSPS) is 30.2. The molecule has 2 rings (SSSR count). The van der Waals surface area contributed by atoms with Crippen LogP contribution < -0.4 is 0 Å². The van der Waals surface area contributed by atoms with Crippen LogP contribution in [0.15, 0.2) is 18.2 Å². The van der Waals surface area contributed by atoms with Crippen molar-refractivity contribution in [2.45, 2.75) is 46.1 Å². The van der Waals surface area contributed by atoms with Crippen LogP contribution in [0.2, 0.25) is 5.02 Å². The minimum atomic E-state index is -0.367. The van der Waals surface area contributed by atoms with Gasteiger partial charge < -0.3 is 5.11 Å². The highest BCUT2D eigenvalue weighted by molar-refractivity contribution is 6.31. The van der Waals surface area contributed by atoms with E-state index in [-0.39, 0.29) is 6.10 Å². The highest BCUT2D eigenvalue weighted by atomic mass is 35.5. The largest absolute Gasteiger partial charge is 0.388 e. The van der Waals surface area contributed by atoms with E-state index in [0.29, 0.717) is 17.8 Å². The molecule has 18 heavy (non-hydrogen) atoms. The third-order valence-electron chi connectivity index (χ3n) is 4.20. The fraction of sp³-hybridized carbons (Fsp3) is 0.625. The molecule has 1 aromatic carbocycles. The molecule has 0 heterocycles. The van der Waals surface area contributed by atoms with Gasteiger partial charge in [-0.15, -0.1) is 0 Å². The van der Waals surface area contributed by atoms with Gasteiger partial charge in [-0.3, -0.25) is 0 Å². The molecule has 1 aromatic rings. The van der Waals surface area contributed by atoms with Crippen LogP contribution in [0, 0.1) is 24.7 Å². The van der Waals surface area contributed by atoms with Gasteiger partial charge in [0, 0.05) is 5.02 Å². The molecule has 3 atom stereocenters. The van der Waals surface area contributed by atoms with Crippen molar-refractivity contribution in [2.75, 3.05) is 0 Å². The Morgan fingerprint density at radius 1 is 1.17 bits per heavy atom. The molecule has 100 valence electrons. The zero-order valence-corrected chi connectivity index (χ0v) is 12.2. The van der Waals surface area contributed by atoms with Gasteiger partial charge in [-0.2, -0.15) is 0 Å². The van der Waals surface area contributed by atoms with Crippen LogP contribution in [0.4, 0.5) is 0 Å². The SMILES string of the molecule is Cc1ccc(C(O)C2CC(C)CC(C)C2)cc1Cl. The number of rotatable bonds is 2. The van der Waals surface area contributed by atoms with Crippen LogP contribution >= 0.6 is 11.6 Å². The van der Waals surface area contributed by atoms with Gasteiger partial charge in [0.25, 0.3) is 0 Å². The van der Waals surface area contributed by atoms with Crippen molar-refractivity contribution in [1.29, 1.82) is 0 Å². The van der Waals surface area contributed by atoms with Crippen molar-refractivity contribution in [2.24, 2.45) is 17.8 Å². The lowest BCUT2D eigenvalue weighted by molar-refractivity contribution is 0.0552. The van der Waals surface area contributed by atoms with Gasteiger partial charge in [0.05, 0.1) is 6.10 Å². The molecular formula is C16H23ClO. The van der Waals surface area contributed by atoms with Crippen LogP contribution in [0.5, 0.6) is 0 Å². The summed E-state index contributed by atoms with van der Waals surface area (Å²) < 4.78 is 0. The third kappa shape index (κ3) is 3.07. The molecule has 1 fully saturated rings. The smallest absolute Gasteiger partial charge is 0.0818 e. The van der Waals surface area contributed by atoms with Gasteiger partial charge in [0.2, 0.25) is 0 Å². The second-order valence-corrected chi connectivity index (χ2v) is 6.54. The first-order valence-corrected chi connectivity index (χ1v) is 7.29. The maximum Gasteiger partial charge on any atom is 0.0818 e. The molecule has 1 aliphatic carbocycles. The van der Waals surface area contributed by atoms with Gasteiger partial charge in [-0.25, -0.2) is 0 Å². The van der Waals surface area contributed by atoms with Crippen LogP contribution in [0.3, 0.4) is 0 Å². The number of aryl methyl sites for hydroxylation is 1. The molecule has 1 nitrogen and oxygen atoms in total. The Labute approximate surface area is 115 Å². The van der Waals surface area contributed by atoms with Gasteiger partial charge in [-0.1, -0.05) is 37.6 Å². The lowest BCUT2D eigenvalue weighted by Crippen LogP contribution is -2.24. The van der Waals surface area contributed by atoms with Gasteiger partial charge in [-0.05, 0) is 61.1 Å². The number of hydrogen-bond acceptors (Lipinski definition) is 1. The molecule has 0 spiro atoms. The van der Waals surface area contributed by atoms with Crippen molar-refractivity contribution < 1.29 is 5.11 Å². The predicted molar refractivity (Wildman–Crippen MR) is 76.8 cm³/mol. The second kappa shape index (κ2) is 5.63. The first kappa shape index (κ1) is 13.9. The molecule has 1 N–H and O–H groups in total. The standard InChI is InChI=1S/C16H23ClO/c1-10-6-11(2)8-14(7-10)16(18)13-5-4-12(3)15(17)9-13/h4-5,9-11,14,16,18H,6-8H2,1-3H3. The van der Waals surface area contributed by atoms with Crippen LogP contribution in [0.1, 0.15) is 50.3 Å². The van der Waals surface area contributed by atoms with Crippen molar-refractivity contribution in [3.8, 4) is 0 Å². The van der Waals surface area contributed by atoms with E-state index < -0.39 is 0 Å². The summed E-state index contributed by atoms with van der Waals surface area (Å²) >= 11 is 6.14. The lowest BCUT2D eigenvalue weighted by atomic mass is 9.73. The molecule has 0 radical (unpaired) electrons. The number of benzene rings is 1. The van der Waals surface area contributed by atoms with Crippen molar-refractivity contribution in [3.05, 3.63) is 34.3 Å². The summed E-state index contributed by atoms with van der Waals surface area (Å²) in [6.07, 6.45) is 3.17. The van der Waals surface area contributed by atoms with Crippen molar-refractivity contribution in [1.82, 2.24) is 0 Å². The topological polar surface area (TPSA) is 20.2 Å². The Bertz CT molecular complexity index is 406. The van der Waals surface area contributed by atoms with Crippen molar-refractivity contribution >= 4 is 11.6 Å². The molecule has 1 saturated carbocycles. The molecule has 1 aliphatic rings. The first-order valence-electron chi connectivity index (χ1n) is 6.91. The van der Waals surface area contributed by atoms with E-state index >= 15 is 0 Å². The van der Waals surface area contributed by atoms with E-state index in [1.54, 1.807) is 0 Å². The Balaban J connectivity index is 2.14. The van der Waals surface area contributed by atoms with Gasteiger partial charge >= 0.3 is 0 Å². The molecule has 0 saturated heterocycles. The molecule has 0 amide bonds. The Morgan fingerprint density at radius 3 is 2.33 bits per heavy atom. The lowest BCUT2D eigenvalue weighted by Gasteiger charge is -2.34. The Morgan fingerprint density at radius 2 is 1.78 bits per heavy atom. The number of hydrogen-bond donors (Lipinski definition) is 1. The first-order chi connectivity index (χ1) is 8.47. The monoisotopic (exact) mass is 266 g/mol. The third-order valence-corrected chi connectivity index (χ3v) is 4.61. The van der Waals surface area contributed by atoms with Gasteiger partial charge in [0.1, 0.15) is 0 Å². The maximum absolute atomic E-state index is 10.5. The van der Waals surface area contributed by atoms with Crippen LogP contribution in [-0.4, -0.2) is 5.11 Å². The van der Waals surface area contributed by atoms with Crippen LogP contribution in [-0.2, 0) is 0 Å². The molecular weight excluding hydrogens is 244 g/mol. The summed E-state index contributed by atoms with van der Waals surface area (Å²) in [6, 6.07) is 5.93. The Hall–Kier alpha value is -0.530.